The van der Waals surface area contributed by atoms with E-state index in [4.69, 9.17) is 17.3 Å². The van der Waals surface area contributed by atoms with Crippen molar-refractivity contribution in [3.8, 4) is 0 Å². The van der Waals surface area contributed by atoms with Crippen molar-refractivity contribution in [3.05, 3.63) is 0 Å². The SMILES string of the molecule is C[C@H](Cl)C[C@@H]1[C@H](CN)C1(C)C. The third kappa shape index (κ3) is 1.70. The van der Waals surface area contributed by atoms with E-state index in [2.05, 4.69) is 20.8 Å². The molecule has 1 saturated carbocycles. The van der Waals surface area contributed by atoms with Gasteiger partial charge >= 0.3 is 0 Å². The van der Waals surface area contributed by atoms with Gasteiger partial charge in [0.2, 0.25) is 0 Å². The Labute approximate surface area is 74.3 Å². The molecular weight excluding hydrogens is 158 g/mol. The molecule has 1 rings (SSSR count). The van der Waals surface area contributed by atoms with Crippen LogP contribution in [0.2, 0.25) is 0 Å². The molecule has 1 aliphatic rings. The van der Waals surface area contributed by atoms with E-state index < -0.39 is 0 Å². The quantitative estimate of drug-likeness (QED) is 0.655. The van der Waals surface area contributed by atoms with Gasteiger partial charge in [0.15, 0.2) is 0 Å². The summed E-state index contributed by atoms with van der Waals surface area (Å²) in [7, 11) is 0. The molecule has 0 unspecified atom stereocenters. The van der Waals surface area contributed by atoms with Gasteiger partial charge in [-0.25, -0.2) is 0 Å². The highest BCUT2D eigenvalue weighted by atomic mass is 35.5. The highest BCUT2D eigenvalue weighted by molar-refractivity contribution is 6.20. The van der Waals surface area contributed by atoms with Gasteiger partial charge < -0.3 is 5.73 Å². The summed E-state index contributed by atoms with van der Waals surface area (Å²) in [5.74, 6) is 1.48. The minimum atomic E-state index is 0.302. The number of nitrogens with two attached hydrogens (primary N) is 1. The van der Waals surface area contributed by atoms with Gasteiger partial charge in [-0.3, -0.25) is 0 Å². The fraction of sp³-hybridized carbons (Fsp3) is 1.00. The molecule has 11 heavy (non-hydrogen) atoms. The van der Waals surface area contributed by atoms with Gasteiger partial charge in [-0.2, -0.15) is 0 Å². The Bertz CT molecular complexity index is 142. The molecule has 0 radical (unpaired) electrons. The molecule has 2 N–H and O–H groups in total. The van der Waals surface area contributed by atoms with Crippen molar-refractivity contribution < 1.29 is 0 Å². The summed E-state index contributed by atoms with van der Waals surface area (Å²) in [5.41, 5.74) is 6.09. The monoisotopic (exact) mass is 175 g/mol. The highest BCUT2D eigenvalue weighted by Gasteiger charge is 2.56. The number of hydrogen-bond acceptors (Lipinski definition) is 1. The van der Waals surface area contributed by atoms with Crippen molar-refractivity contribution >= 4 is 11.6 Å². The van der Waals surface area contributed by atoms with E-state index >= 15 is 0 Å². The molecule has 66 valence electrons. The molecule has 0 aromatic heterocycles. The van der Waals surface area contributed by atoms with Crippen LogP contribution >= 0.6 is 11.6 Å². The number of halogens is 1. The second-order valence-electron chi connectivity index (χ2n) is 4.29. The summed E-state index contributed by atoms with van der Waals surface area (Å²) >= 11 is 5.92. The highest BCUT2D eigenvalue weighted by Crippen LogP contribution is 2.59. The lowest BCUT2D eigenvalue weighted by Gasteiger charge is -2.03. The van der Waals surface area contributed by atoms with Gasteiger partial charge in [-0.05, 0) is 37.1 Å². The van der Waals surface area contributed by atoms with Crippen molar-refractivity contribution in [1.82, 2.24) is 0 Å². The lowest BCUT2D eigenvalue weighted by molar-refractivity contribution is 0.521. The predicted octanol–water partition coefficient (Wildman–Crippen LogP) is 2.23. The molecule has 0 bridgehead atoms. The first-order chi connectivity index (χ1) is 5.00. The molecule has 1 nitrogen and oxygen atoms in total. The Morgan fingerprint density at radius 1 is 1.45 bits per heavy atom. The zero-order chi connectivity index (χ0) is 8.65. The second-order valence-corrected chi connectivity index (χ2v) is 5.03. The predicted molar refractivity (Wildman–Crippen MR) is 49.7 cm³/mol. The van der Waals surface area contributed by atoms with Crippen molar-refractivity contribution in [1.29, 1.82) is 0 Å². The third-order valence-corrected chi connectivity index (χ3v) is 3.30. The van der Waals surface area contributed by atoms with Gasteiger partial charge in [0.25, 0.3) is 0 Å². The molecule has 0 aromatic rings. The summed E-state index contributed by atoms with van der Waals surface area (Å²) < 4.78 is 0. The largest absolute Gasteiger partial charge is 0.330 e. The fourth-order valence-electron chi connectivity index (χ4n) is 2.14. The summed E-state index contributed by atoms with van der Waals surface area (Å²) in [6.45, 7) is 7.45. The van der Waals surface area contributed by atoms with Crippen LogP contribution < -0.4 is 5.73 Å². The van der Waals surface area contributed by atoms with E-state index in [-0.39, 0.29) is 0 Å². The zero-order valence-corrected chi connectivity index (χ0v) is 8.36. The second kappa shape index (κ2) is 2.95. The van der Waals surface area contributed by atoms with Gasteiger partial charge in [0.05, 0.1) is 0 Å². The first-order valence-corrected chi connectivity index (χ1v) is 4.78. The van der Waals surface area contributed by atoms with E-state index in [1.807, 2.05) is 0 Å². The smallest absolute Gasteiger partial charge is 0.0310 e. The standard InChI is InChI=1S/C9H18ClN/c1-6(10)4-7-8(5-11)9(7,2)3/h6-8H,4-5,11H2,1-3H3/t6-,7+,8-/m0/s1. The van der Waals surface area contributed by atoms with Gasteiger partial charge in [0, 0.05) is 5.38 Å². The molecule has 0 aromatic carbocycles. The topological polar surface area (TPSA) is 26.0 Å². The Hall–Kier alpha value is 0.250. The van der Waals surface area contributed by atoms with E-state index in [1.54, 1.807) is 0 Å². The maximum atomic E-state index is 5.92. The van der Waals surface area contributed by atoms with Crippen molar-refractivity contribution in [3.63, 3.8) is 0 Å². The van der Waals surface area contributed by atoms with Crippen LogP contribution in [-0.2, 0) is 0 Å². The Balaban J connectivity index is 2.39. The first-order valence-electron chi connectivity index (χ1n) is 4.34. The maximum absolute atomic E-state index is 5.92. The minimum absolute atomic E-state index is 0.302. The molecule has 0 heterocycles. The fourth-order valence-corrected chi connectivity index (χ4v) is 2.34. The van der Waals surface area contributed by atoms with E-state index in [0.717, 1.165) is 18.9 Å². The molecule has 0 amide bonds. The number of alkyl halides is 1. The van der Waals surface area contributed by atoms with Crippen molar-refractivity contribution in [2.75, 3.05) is 6.54 Å². The van der Waals surface area contributed by atoms with E-state index in [0.29, 0.717) is 16.7 Å². The maximum Gasteiger partial charge on any atom is 0.0310 e. The summed E-state index contributed by atoms with van der Waals surface area (Å²) in [6.07, 6.45) is 1.12. The van der Waals surface area contributed by atoms with Crippen LogP contribution in [0.4, 0.5) is 0 Å². The van der Waals surface area contributed by atoms with Crippen LogP contribution in [0.15, 0.2) is 0 Å². The number of hydrogen-bond donors (Lipinski definition) is 1. The summed E-state index contributed by atoms with van der Waals surface area (Å²) in [5, 5.41) is 0.302. The molecular formula is C9H18ClN. The Kier molecular flexibility index (Phi) is 2.50. The van der Waals surface area contributed by atoms with Crippen LogP contribution in [0.25, 0.3) is 0 Å². The Morgan fingerprint density at radius 3 is 2.27 bits per heavy atom. The molecule has 0 aliphatic heterocycles. The molecule has 1 aliphatic carbocycles. The van der Waals surface area contributed by atoms with Crippen molar-refractivity contribution in [2.24, 2.45) is 23.0 Å². The lowest BCUT2D eigenvalue weighted by atomic mass is 10.1. The summed E-state index contributed by atoms with van der Waals surface area (Å²) in [4.78, 5) is 0. The van der Waals surface area contributed by atoms with E-state index in [9.17, 15) is 0 Å². The van der Waals surface area contributed by atoms with Crippen LogP contribution in [0.3, 0.4) is 0 Å². The van der Waals surface area contributed by atoms with Gasteiger partial charge in [-0.1, -0.05) is 13.8 Å². The van der Waals surface area contributed by atoms with Crippen LogP contribution in [0.5, 0.6) is 0 Å². The minimum Gasteiger partial charge on any atom is -0.330 e. The molecule has 2 heteroatoms. The van der Waals surface area contributed by atoms with Crippen LogP contribution in [-0.4, -0.2) is 11.9 Å². The zero-order valence-electron chi connectivity index (χ0n) is 7.60. The summed E-state index contributed by atoms with van der Waals surface area (Å²) in [6, 6.07) is 0. The normalized spacial score (nSPS) is 36.8. The lowest BCUT2D eigenvalue weighted by Crippen LogP contribution is -2.05. The first kappa shape index (κ1) is 9.34. The average molecular weight is 176 g/mol. The number of rotatable bonds is 3. The van der Waals surface area contributed by atoms with Crippen LogP contribution in [0.1, 0.15) is 27.2 Å². The molecule has 1 fully saturated rings. The third-order valence-electron chi connectivity index (χ3n) is 3.12. The molecule has 3 atom stereocenters. The van der Waals surface area contributed by atoms with Crippen LogP contribution in [0, 0.1) is 17.3 Å². The molecule has 0 spiro atoms. The molecule has 0 saturated heterocycles. The average Bonchev–Trinajstić information content (AvgIpc) is 2.33. The van der Waals surface area contributed by atoms with Gasteiger partial charge in [0.1, 0.15) is 0 Å². The van der Waals surface area contributed by atoms with E-state index in [1.165, 1.54) is 0 Å². The van der Waals surface area contributed by atoms with Gasteiger partial charge in [-0.15, -0.1) is 11.6 Å². The van der Waals surface area contributed by atoms with Crippen molar-refractivity contribution in [2.45, 2.75) is 32.6 Å². The Morgan fingerprint density at radius 2 is 2.00 bits per heavy atom.